The largest absolute Gasteiger partial charge is 0.312 e. The van der Waals surface area contributed by atoms with Crippen molar-refractivity contribution in [2.45, 2.75) is 12.8 Å². The summed E-state index contributed by atoms with van der Waals surface area (Å²) in [6.07, 6.45) is 1.30. The van der Waals surface area contributed by atoms with Crippen LogP contribution in [0.25, 0.3) is 0 Å². The Bertz CT molecular complexity index is 526. The van der Waals surface area contributed by atoms with Gasteiger partial charge in [0.05, 0.1) is 6.42 Å². The Labute approximate surface area is 125 Å². The molecule has 0 atom stereocenters. The lowest BCUT2D eigenvalue weighted by Gasteiger charge is -2.32. The van der Waals surface area contributed by atoms with E-state index in [1.165, 1.54) is 12.1 Å². The van der Waals surface area contributed by atoms with Crippen molar-refractivity contribution in [2.75, 3.05) is 51.2 Å². The Kier molecular flexibility index (Phi) is 4.22. The summed E-state index contributed by atoms with van der Waals surface area (Å²) in [6.45, 7) is 6.19. The van der Waals surface area contributed by atoms with Crippen LogP contribution in [-0.2, 0) is 11.2 Å². The minimum Gasteiger partial charge on any atom is -0.312 e. The van der Waals surface area contributed by atoms with E-state index in [1.54, 1.807) is 6.07 Å². The Morgan fingerprint density at radius 1 is 1.14 bits per heavy atom. The lowest BCUT2D eigenvalue weighted by molar-refractivity contribution is -0.117. The molecule has 0 radical (unpaired) electrons. The van der Waals surface area contributed by atoms with Crippen molar-refractivity contribution >= 4 is 11.6 Å². The van der Waals surface area contributed by atoms with Gasteiger partial charge in [-0.1, -0.05) is 0 Å². The van der Waals surface area contributed by atoms with E-state index in [9.17, 15) is 9.18 Å². The van der Waals surface area contributed by atoms with Gasteiger partial charge in [0.25, 0.3) is 0 Å². The van der Waals surface area contributed by atoms with E-state index >= 15 is 0 Å². The summed E-state index contributed by atoms with van der Waals surface area (Å²) in [4.78, 5) is 18.7. The van der Waals surface area contributed by atoms with Crippen molar-refractivity contribution < 1.29 is 9.18 Å². The van der Waals surface area contributed by atoms with Crippen molar-refractivity contribution in [3.8, 4) is 0 Å². The summed E-state index contributed by atoms with van der Waals surface area (Å²) in [6, 6.07) is 4.64. The number of benzene rings is 1. The third kappa shape index (κ3) is 3.24. The van der Waals surface area contributed by atoms with Gasteiger partial charge in [-0.05, 0) is 43.8 Å². The fraction of sp³-hybridized carbons (Fsp3) is 0.562. The van der Waals surface area contributed by atoms with E-state index in [1.807, 2.05) is 4.90 Å². The zero-order valence-corrected chi connectivity index (χ0v) is 12.5. The summed E-state index contributed by atoms with van der Waals surface area (Å²) in [5, 5.41) is 0. The molecule has 0 unspecified atom stereocenters. The number of carbonyl (C=O) groups excluding carboxylic acids is 1. The van der Waals surface area contributed by atoms with Crippen LogP contribution < -0.4 is 4.90 Å². The fourth-order valence-electron chi connectivity index (χ4n) is 3.12. The number of fused-ring (bicyclic) bond motifs is 1. The summed E-state index contributed by atoms with van der Waals surface area (Å²) < 4.78 is 13.2. The highest BCUT2D eigenvalue weighted by Gasteiger charge is 2.27. The van der Waals surface area contributed by atoms with Gasteiger partial charge in [0.1, 0.15) is 5.82 Å². The molecule has 1 aromatic carbocycles. The number of anilines is 1. The topological polar surface area (TPSA) is 26.8 Å². The number of hydrogen-bond acceptors (Lipinski definition) is 3. The van der Waals surface area contributed by atoms with Crippen LogP contribution in [0.1, 0.15) is 12.0 Å². The van der Waals surface area contributed by atoms with Crippen molar-refractivity contribution in [3.05, 3.63) is 29.6 Å². The predicted octanol–water partition coefficient (Wildman–Crippen LogP) is 1.35. The lowest BCUT2D eigenvalue weighted by Crippen LogP contribution is -2.45. The molecule has 1 fully saturated rings. The highest BCUT2D eigenvalue weighted by molar-refractivity contribution is 6.01. The van der Waals surface area contributed by atoms with Gasteiger partial charge >= 0.3 is 0 Å². The smallest absolute Gasteiger partial charge is 0.231 e. The predicted molar refractivity (Wildman–Crippen MR) is 81.0 cm³/mol. The molecule has 1 saturated heterocycles. The molecule has 0 spiro atoms. The Morgan fingerprint density at radius 3 is 2.67 bits per heavy atom. The number of hydrogen-bond donors (Lipinski definition) is 0. The molecule has 1 amide bonds. The van der Waals surface area contributed by atoms with Crippen LogP contribution in [0.5, 0.6) is 0 Å². The first-order valence-corrected chi connectivity index (χ1v) is 7.63. The average molecular weight is 291 g/mol. The molecule has 3 rings (SSSR count). The van der Waals surface area contributed by atoms with Crippen molar-refractivity contribution in [2.24, 2.45) is 0 Å². The van der Waals surface area contributed by atoms with E-state index in [0.717, 1.165) is 56.9 Å². The second kappa shape index (κ2) is 6.12. The van der Waals surface area contributed by atoms with Gasteiger partial charge in [0, 0.05) is 38.4 Å². The second-order valence-electron chi connectivity index (χ2n) is 5.99. The van der Waals surface area contributed by atoms with Crippen molar-refractivity contribution in [1.29, 1.82) is 0 Å². The molecule has 5 heteroatoms. The van der Waals surface area contributed by atoms with E-state index in [0.29, 0.717) is 6.42 Å². The van der Waals surface area contributed by atoms with Crippen LogP contribution in [0.4, 0.5) is 10.1 Å². The van der Waals surface area contributed by atoms with E-state index in [2.05, 4.69) is 16.8 Å². The molecular formula is C16H22FN3O. The van der Waals surface area contributed by atoms with Crippen LogP contribution in [0.2, 0.25) is 0 Å². The molecule has 21 heavy (non-hydrogen) atoms. The Morgan fingerprint density at radius 2 is 1.90 bits per heavy atom. The number of amides is 1. The van der Waals surface area contributed by atoms with Crippen molar-refractivity contribution in [3.63, 3.8) is 0 Å². The summed E-state index contributed by atoms with van der Waals surface area (Å²) >= 11 is 0. The molecule has 4 nitrogen and oxygen atoms in total. The second-order valence-corrected chi connectivity index (χ2v) is 5.99. The fourth-order valence-corrected chi connectivity index (χ4v) is 3.12. The number of nitrogens with zero attached hydrogens (tertiary/aromatic N) is 3. The van der Waals surface area contributed by atoms with Gasteiger partial charge < -0.3 is 14.7 Å². The third-order valence-electron chi connectivity index (χ3n) is 4.43. The molecule has 0 N–H and O–H groups in total. The number of rotatable bonds is 4. The molecule has 2 aliphatic heterocycles. The van der Waals surface area contributed by atoms with Gasteiger partial charge in [0.2, 0.25) is 5.91 Å². The zero-order chi connectivity index (χ0) is 14.8. The molecular weight excluding hydrogens is 269 g/mol. The summed E-state index contributed by atoms with van der Waals surface area (Å²) in [7, 11) is 2.15. The van der Waals surface area contributed by atoms with E-state index in [-0.39, 0.29) is 11.7 Å². The summed E-state index contributed by atoms with van der Waals surface area (Å²) in [5.74, 6) is -0.171. The number of likely N-dealkylation sites (N-methyl/N-ethyl adjacent to an activating group) is 1. The quantitative estimate of drug-likeness (QED) is 0.838. The molecule has 114 valence electrons. The van der Waals surface area contributed by atoms with Crippen molar-refractivity contribution in [1.82, 2.24) is 9.80 Å². The molecule has 0 aromatic heterocycles. The molecule has 1 aromatic rings. The maximum absolute atomic E-state index is 13.2. The van der Waals surface area contributed by atoms with E-state index in [4.69, 9.17) is 0 Å². The monoisotopic (exact) mass is 291 g/mol. The van der Waals surface area contributed by atoms with Crippen LogP contribution in [0, 0.1) is 5.82 Å². The van der Waals surface area contributed by atoms with Crippen LogP contribution in [0.15, 0.2) is 18.2 Å². The van der Waals surface area contributed by atoms with Gasteiger partial charge in [-0.2, -0.15) is 0 Å². The molecule has 0 aliphatic carbocycles. The summed E-state index contributed by atoms with van der Waals surface area (Å²) in [5.41, 5.74) is 1.71. The van der Waals surface area contributed by atoms with Crippen LogP contribution >= 0.6 is 0 Å². The number of halogens is 1. The standard InChI is InChI=1S/C16H22FN3O/c1-18-7-9-19(10-8-18)5-2-6-20-15-4-3-14(17)11-13(15)12-16(20)21/h3-4,11H,2,5-10,12H2,1H3. The van der Waals surface area contributed by atoms with Gasteiger partial charge in [-0.3, -0.25) is 4.79 Å². The highest BCUT2D eigenvalue weighted by atomic mass is 19.1. The highest BCUT2D eigenvalue weighted by Crippen LogP contribution is 2.29. The SMILES string of the molecule is CN1CCN(CCCN2C(=O)Cc3cc(F)ccc32)CC1. The Balaban J connectivity index is 1.53. The first kappa shape index (κ1) is 14.5. The number of carbonyl (C=O) groups is 1. The molecule has 0 saturated carbocycles. The average Bonchev–Trinajstić information content (AvgIpc) is 2.76. The molecule has 2 heterocycles. The first-order valence-electron chi connectivity index (χ1n) is 7.63. The minimum absolute atomic E-state index is 0.0916. The lowest BCUT2D eigenvalue weighted by atomic mass is 10.1. The van der Waals surface area contributed by atoms with Crippen LogP contribution in [-0.4, -0.2) is 62.0 Å². The van der Waals surface area contributed by atoms with Gasteiger partial charge in [-0.25, -0.2) is 4.39 Å². The molecule has 2 aliphatic rings. The zero-order valence-electron chi connectivity index (χ0n) is 12.5. The normalized spacial score (nSPS) is 20.1. The maximum atomic E-state index is 13.2. The maximum Gasteiger partial charge on any atom is 0.231 e. The third-order valence-corrected chi connectivity index (χ3v) is 4.43. The van der Waals surface area contributed by atoms with Crippen LogP contribution in [0.3, 0.4) is 0 Å². The van der Waals surface area contributed by atoms with Gasteiger partial charge in [-0.15, -0.1) is 0 Å². The van der Waals surface area contributed by atoms with E-state index < -0.39 is 0 Å². The van der Waals surface area contributed by atoms with Gasteiger partial charge in [0.15, 0.2) is 0 Å². The minimum atomic E-state index is -0.263. The Hall–Kier alpha value is -1.46. The first-order chi connectivity index (χ1) is 10.1. The number of piperazine rings is 1. The molecule has 0 bridgehead atoms.